The highest BCUT2D eigenvalue weighted by atomic mass is 19.3. The first-order valence-corrected chi connectivity index (χ1v) is 8.32. The number of ether oxygens (including phenoxy) is 1. The van der Waals surface area contributed by atoms with Crippen LogP contribution in [0.15, 0.2) is 12.1 Å². The summed E-state index contributed by atoms with van der Waals surface area (Å²) in [5, 5.41) is 10.6. The molecule has 4 nitrogen and oxygen atoms in total. The predicted molar refractivity (Wildman–Crippen MR) is 94.0 cm³/mol. The Kier molecular flexibility index (Phi) is 5.90. The van der Waals surface area contributed by atoms with E-state index < -0.39 is 23.3 Å². The number of phenolic OH excluding ortho intramolecular Hbond substituents is 1. The van der Waals surface area contributed by atoms with Gasteiger partial charge in [0, 0.05) is 5.56 Å². The molecular weight excluding hydrogens is 328 g/mol. The summed E-state index contributed by atoms with van der Waals surface area (Å²) in [4.78, 5) is 11.6. The van der Waals surface area contributed by atoms with Crippen LogP contribution in [0.25, 0.3) is 0 Å². The third-order valence-corrected chi connectivity index (χ3v) is 4.09. The molecule has 0 saturated carbocycles. The monoisotopic (exact) mass is 357 g/mol. The summed E-state index contributed by atoms with van der Waals surface area (Å²) >= 11 is 0. The molecule has 1 aromatic carbocycles. The number of benzene rings is 1. The fraction of sp³-hybridized carbons (Fsp3) is 0.632. The minimum atomic E-state index is -3.95. The topological polar surface area (TPSA) is 72.5 Å². The number of hydrogen-bond donors (Lipinski definition) is 2. The molecule has 0 radical (unpaired) electrons. The zero-order chi connectivity index (χ0) is 19.8. The largest absolute Gasteiger partial charge is 0.507 e. The Bertz CT molecular complexity index is 643. The second kappa shape index (κ2) is 6.90. The summed E-state index contributed by atoms with van der Waals surface area (Å²) in [5.74, 6) is -5.95. The van der Waals surface area contributed by atoms with Crippen LogP contribution in [-0.2, 0) is 20.4 Å². The molecule has 0 amide bonds. The van der Waals surface area contributed by atoms with Crippen molar-refractivity contribution >= 4 is 5.97 Å². The molecule has 0 unspecified atom stereocenters. The van der Waals surface area contributed by atoms with Gasteiger partial charge in [-0.1, -0.05) is 47.6 Å². The molecule has 142 valence electrons. The van der Waals surface area contributed by atoms with Gasteiger partial charge >= 0.3 is 11.9 Å². The highest BCUT2D eigenvalue weighted by Crippen LogP contribution is 2.43. The van der Waals surface area contributed by atoms with Crippen LogP contribution in [0.3, 0.4) is 0 Å². The molecule has 0 bridgehead atoms. The smallest absolute Gasteiger partial charge is 0.379 e. The second-order valence-electron chi connectivity index (χ2n) is 8.28. The molecule has 0 aliphatic carbocycles. The summed E-state index contributed by atoms with van der Waals surface area (Å²) < 4.78 is 33.3. The van der Waals surface area contributed by atoms with Gasteiger partial charge in [-0.05, 0) is 34.9 Å². The summed E-state index contributed by atoms with van der Waals surface area (Å²) in [7, 11) is 0. The van der Waals surface area contributed by atoms with Crippen molar-refractivity contribution in [1.82, 2.24) is 0 Å². The first-order chi connectivity index (χ1) is 11.1. The van der Waals surface area contributed by atoms with Crippen molar-refractivity contribution in [2.45, 2.75) is 71.3 Å². The van der Waals surface area contributed by atoms with Gasteiger partial charge < -0.3 is 15.6 Å². The van der Waals surface area contributed by atoms with E-state index in [0.717, 1.165) is 5.56 Å². The van der Waals surface area contributed by atoms with Gasteiger partial charge in [-0.3, -0.25) is 0 Å². The first kappa shape index (κ1) is 21.4. The third kappa shape index (κ3) is 4.48. The number of carbonyl (C=O) groups excluding carboxylic acids is 1. The molecule has 0 aromatic heterocycles. The number of phenols is 1. The maximum Gasteiger partial charge on any atom is 0.379 e. The molecule has 0 aliphatic heterocycles. The predicted octanol–water partition coefficient (Wildman–Crippen LogP) is 4.19. The second-order valence-corrected chi connectivity index (χ2v) is 8.28. The molecule has 25 heavy (non-hydrogen) atoms. The van der Waals surface area contributed by atoms with Crippen LogP contribution >= 0.6 is 0 Å². The normalized spacial score (nSPS) is 14.3. The van der Waals surface area contributed by atoms with Crippen molar-refractivity contribution in [1.29, 1.82) is 0 Å². The summed E-state index contributed by atoms with van der Waals surface area (Å²) in [6.45, 7) is 12.7. The van der Waals surface area contributed by atoms with Crippen LogP contribution in [0.5, 0.6) is 5.75 Å². The average molecular weight is 357 g/mol. The number of nitrogens with two attached hydrogens (primary N) is 1. The molecule has 1 atom stereocenters. The number of aromatic hydroxyl groups is 1. The number of rotatable bonds is 4. The highest BCUT2D eigenvalue weighted by molar-refractivity contribution is 5.79. The van der Waals surface area contributed by atoms with E-state index >= 15 is 0 Å². The van der Waals surface area contributed by atoms with Gasteiger partial charge in [-0.15, -0.1) is 0 Å². The van der Waals surface area contributed by atoms with Crippen LogP contribution in [0.2, 0.25) is 0 Å². The van der Waals surface area contributed by atoms with E-state index in [4.69, 9.17) is 5.73 Å². The van der Waals surface area contributed by atoms with Crippen molar-refractivity contribution in [3.8, 4) is 5.75 Å². The lowest BCUT2D eigenvalue weighted by molar-refractivity contribution is -0.174. The van der Waals surface area contributed by atoms with Crippen LogP contribution in [0.4, 0.5) is 8.78 Å². The molecule has 0 saturated heterocycles. The number of halogens is 2. The van der Waals surface area contributed by atoms with Gasteiger partial charge in [0.1, 0.15) is 11.8 Å². The van der Waals surface area contributed by atoms with Crippen molar-refractivity contribution in [2.24, 2.45) is 5.73 Å². The van der Waals surface area contributed by atoms with Gasteiger partial charge in [0.05, 0.1) is 6.61 Å². The SMILES string of the molecule is CCOC(=O)C(F)(F)[C@H](N)c1cc(C(C)(C)C)cc(C(C)(C)C)c1O. The van der Waals surface area contributed by atoms with Crippen LogP contribution < -0.4 is 5.73 Å². The number of esters is 1. The molecular formula is C19H29F2NO3. The number of alkyl halides is 2. The minimum absolute atomic E-state index is 0.157. The Labute approximate surface area is 148 Å². The van der Waals surface area contributed by atoms with Crippen molar-refractivity contribution in [3.63, 3.8) is 0 Å². The van der Waals surface area contributed by atoms with Crippen LogP contribution in [0, 0.1) is 0 Å². The molecule has 0 spiro atoms. The van der Waals surface area contributed by atoms with Gasteiger partial charge in [-0.2, -0.15) is 8.78 Å². The van der Waals surface area contributed by atoms with E-state index in [2.05, 4.69) is 4.74 Å². The van der Waals surface area contributed by atoms with E-state index in [-0.39, 0.29) is 23.3 Å². The quantitative estimate of drug-likeness (QED) is 0.793. The first-order valence-electron chi connectivity index (χ1n) is 8.32. The fourth-order valence-electron chi connectivity index (χ4n) is 2.45. The fourth-order valence-corrected chi connectivity index (χ4v) is 2.45. The molecule has 1 aromatic rings. The maximum atomic E-state index is 14.4. The Morgan fingerprint density at radius 2 is 1.68 bits per heavy atom. The van der Waals surface area contributed by atoms with Gasteiger partial charge in [0.2, 0.25) is 0 Å². The van der Waals surface area contributed by atoms with E-state index in [1.807, 2.05) is 41.5 Å². The summed E-state index contributed by atoms with van der Waals surface area (Å²) in [6.07, 6.45) is 0. The van der Waals surface area contributed by atoms with Gasteiger partial charge in [0.25, 0.3) is 0 Å². The minimum Gasteiger partial charge on any atom is -0.507 e. The van der Waals surface area contributed by atoms with Crippen molar-refractivity contribution in [3.05, 3.63) is 28.8 Å². The van der Waals surface area contributed by atoms with Gasteiger partial charge in [0.15, 0.2) is 0 Å². The van der Waals surface area contributed by atoms with E-state index in [0.29, 0.717) is 5.56 Å². The average Bonchev–Trinajstić information content (AvgIpc) is 2.44. The van der Waals surface area contributed by atoms with Crippen molar-refractivity contribution < 1.29 is 23.4 Å². The zero-order valence-corrected chi connectivity index (χ0v) is 16.0. The standard InChI is InChI=1S/C19H29F2NO3/c1-8-25-16(24)19(20,21)15(22)12-9-11(17(2,3)4)10-13(14(12)23)18(5,6)7/h9-10,15,23H,8,22H2,1-7H3/t15-/m1/s1. The number of hydrogen-bond acceptors (Lipinski definition) is 4. The Balaban J connectivity index is 3.61. The van der Waals surface area contributed by atoms with E-state index in [1.165, 1.54) is 13.0 Å². The molecule has 0 heterocycles. The van der Waals surface area contributed by atoms with Crippen LogP contribution in [-0.4, -0.2) is 23.6 Å². The maximum absolute atomic E-state index is 14.4. The van der Waals surface area contributed by atoms with Crippen LogP contribution in [0.1, 0.15) is 71.2 Å². The van der Waals surface area contributed by atoms with E-state index in [9.17, 15) is 18.7 Å². The van der Waals surface area contributed by atoms with E-state index in [1.54, 1.807) is 6.07 Å². The summed E-state index contributed by atoms with van der Waals surface area (Å²) in [5.41, 5.74) is 5.98. The van der Waals surface area contributed by atoms with Crippen molar-refractivity contribution in [2.75, 3.05) is 6.61 Å². The molecule has 0 fully saturated rings. The summed E-state index contributed by atoms with van der Waals surface area (Å²) in [6, 6.07) is 1.24. The lowest BCUT2D eigenvalue weighted by atomic mass is 9.77. The molecule has 6 heteroatoms. The van der Waals surface area contributed by atoms with Gasteiger partial charge in [-0.25, -0.2) is 4.79 Å². The third-order valence-electron chi connectivity index (χ3n) is 4.09. The zero-order valence-electron chi connectivity index (χ0n) is 16.0. The molecule has 3 N–H and O–H groups in total. The Morgan fingerprint density at radius 3 is 2.08 bits per heavy atom. The highest BCUT2D eigenvalue weighted by Gasteiger charge is 2.49. The molecule has 0 aliphatic rings. The lowest BCUT2D eigenvalue weighted by Crippen LogP contribution is -2.42. The Hall–Kier alpha value is -1.69. The number of carbonyl (C=O) groups is 1. The molecule has 1 rings (SSSR count). The lowest BCUT2D eigenvalue weighted by Gasteiger charge is -2.30. The Morgan fingerprint density at radius 1 is 1.16 bits per heavy atom.